The summed E-state index contributed by atoms with van der Waals surface area (Å²) in [5.41, 5.74) is 3.34. The van der Waals surface area contributed by atoms with Crippen molar-refractivity contribution in [3.63, 3.8) is 0 Å². The number of aromatic nitrogens is 3. The van der Waals surface area contributed by atoms with Gasteiger partial charge in [-0.15, -0.1) is 0 Å². The maximum atomic E-state index is 12.7. The minimum atomic E-state index is -0.474. The molecule has 9 heteroatoms. The van der Waals surface area contributed by atoms with Crippen molar-refractivity contribution in [1.29, 1.82) is 0 Å². The second-order valence-corrected chi connectivity index (χ2v) is 11.6. The molecule has 1 amide bonds. The maximum absolute atomic E-state index is 12.7. The summed E-state index contributed by atoms with van der Waals surface area (Å²) in [5, 5.41) is 22.0. The normalized spacial score (nSPS) is 32.6. The van der Waals surface area contributed by atoms with Crippen LogP contribution in [0.2, 0.25) is 0 Å². The number of nitrogens with zero attached hydrogens (tertiary/aromatic N) is 3. The van der Waals surface area contributed by atoms with Crippen molar-refractivity contribution in [3.05, 3.63) is 29.4 Å². The largest absolute Gasteiger partial charge is 0.390 e. The molecule has 5 fully saturated rings. The summed E-state index contributed by atoms with van der Waals surface area (Å²) >= 11 is 0. The second-order valence-electron chi connectivity index (χ2n) is 11.6. The van der Waals surface area contributed by atoms with E-state index in [1.807, 2.05) is 0 Å². The molecule has 6 aliphatic rings. The summed E-state index contributed by atoms with van der Waals surface area (Å²) in [6.07, 6.45) is 13.8. The summed E-state index contributed by atoms with van der Waals surface area (Å²) in [6.45, 7) is 2.06. The first-order chi connectivity index (χ1) is 17.5. The number of aliphatic hydroxyl groups is 1. The van der Waals surface area contributed by atoms with Crippen molar-refractivity contribution in [3.8, 4) is 11.4 Å². The molecule has 5 aliphatic carbocycles. The van der Waals surface area contributed by atoms with Gasteiger partial charge >= 0.3 is 11.8 Å². The fraction of sp³-hybridized carbons (Fsp3) is 0.630. The minimum absolute atomic E-state index is 0.0316. The van der Waals surface area contributed by atoms with Crippen LogP contribution in [0.15, 0.2) is 16.8 Å². The van der Waals surface area contributed by atoms with Gasteiger partial charge in [-0.05, 0) is 68.6 Å². The molecule has 5 atom stereocenters. The zero-order valence-electron chi connectivity index (χ0n) is 20.4. The van der Waals surface area contributed by atoms with Gasteiger partial charge in [0, 0.05) is 44.0 Å². The number of allylic oxidation sites excluding steroid dienone is 1. The average molecular weight is 492 g/mol. The van der Waals surface area contributed by atoms with Crippen LogP contribution in [0.4, 0.5) is 5.69 Å². The molecule has 0 radical (unpaired) electrons. The Kier molecular flexibility index (Phi) is 5.39. The van der Waals surface area contributed by atoms with E-state index < -0.39 is 5.60 Å². The van der Waals surface area contributed by atoms with Gasteiger partial charge < -0.3 is 25.0 Å². The Hall–Kier alpha value is -2.78. The van der Waals surface area contributed by atoms with Crippen LogP contribution < -0.4 is 10.6 Å². The fourth-order valence-electron chi connectivity index (χ4n) is 7.59. The molecule has 1 aliphatic heterocycles. The van der Waals surface area contributed by atoms with Crippen LogP contribution in [0.25, 0.3) is 17.5 Å². The smallest absolute Gasteiger partial charge is 0.316 e. The summed E-state index contributed by atoms with van der Waals surface area (Å²) in [4.78, 5) is 21.8. The van der Waals surface area contributed by atoms with Crippen LogP contribution in [-0.4, -0.2) is 57.5 Å². The number of anilines is 1. The van der Waals surface area contributed by atoms with Crippen molar-refractivity contribution in [1.82, 2.24) is 20.4 Å². The van der Waals surface area contributed by atoms with Gasteiger partial charge in [0.25, 0.3) is 0 Å². The maximum Gasteiger partial charge on any atom is 0.316 e. The average Bonchev–Trinajstić information content (AvgIpc) is 3.54. The van der Waals surface area contributed by atoms with E-state index in [0.29, 0.717) is 42.1 Å². The third kappa shape index (κ3) is 3.93. The molecule has 190 valence electrons. The highest BCUT2D eigenvalue weighted by Gasteiger charge is 2.55. The zero-order valence-corrected chi connectivity index (χ0v) is 20.4. The van der Waals surface area contributed by atoms with Crippen molar-refractivity contribution < 1.29 is 19.2 Å². The van der Waals surface area contributed by atoms with Crippen LogP contribution in [0.5, 0.6) is 0 Å². The zero-order chi connectivity index (χ0) is 24.3. The van der Waals surface area contributed by atoms with Crippen molar-refractivity contribution in [2.75, 3.05) is 25.1 Å². The fourth-order valence-corrected chi connectivity index (χ4v) is 7.59. The lowest BCUT2D eigenvalue weighted by Gasteiger charge is -2.58. The SMILES string of the molecule is O=C(NCC1CCOCC1)c1nc(-c2cnc3c(c2NC2[C@@H]4CC5C[C@H]2CC(O)(C5)C4)C=CC3)no1. The number of rotatable bonds is 6. The van der Waals surface area contributed by atoms with Crippen molar-refractivity contribution >= 4 is 17.7 Å². The minimum Gasteiger partial charge on any atom is -0.390 e. The summed E-state index contributed by atoms with van der Waals surface area (Å²) in [5.74, 6) is 1.96. The number of ether oxygens (including phenoxy) is 1. The van der Waals surface area contributed by atoms with E-state index in [-0.39, 0.29) is 11.8 Å². The Morgan fingerprint density at radius 1 is 1.17 bits per heavy atom. The highest BCUT2D eigenvalue weighted by atomic mass is 16.5. The van der Waals surface area contributed by atoms with Crippen molar-refractivity contribution in [2.24, 2.45) is 23.7 Å². The number of carbonyl (C=O) groups excluding carboxylic acids is 1. The Morgan fingerprint density at radius 2 is 1.97 bits per heavy atom. The van der Waals surface area contributed by atoms with Gasteiger partial charge in [0.15, 0.2) is 0 Å². The van der Waals surface area contributed by atoms with Gasteiger partial charge in [-0.25, -0.2) is 0 Å². The molecule has 8 rings (SSSR count). The number of amides is 1. The van der Waals surface area contributed by atoms with Crippen molar-refractivity contribution in [2.45, 2.75) is 63.0 Å². The first kappa shape index (κ1) is 22.4. The lowest BCUT2D eigenvalue weighted by atomic mass is 9.52. The molecular weight excluding hydrogens is 458 g/mol. The number of hydrogen-bond donors (Lipinski definition) is 3. The van der Waals surface area contributed by atoms with E-state index in [1.54, 1.807) is 6.20 Å². The first-order valence-electron chi connectivity index (χ1n) is 13.4. The van der Waals surface area contributed by atoms with Gasteiger partial charge in [-0.1, -0.05) is 17.3 Å². The number of fused-ring (bicyclic) bond motifs is 1. The van der Waals surface area contributed by atoms with E-state index in [4.69, 9.17) is 9.26 Å². The van der Waals surface area contributed by atoms with E-state index in [1.165, 1.54) is 12.8 Å². The molecule has 0 spiro atoms. The summed E-state index contributed by atoms with van der Waals surface area (Å²) in [7, 11) is 0. The number of nitrogens with one attached hydrogen (secondary N) is 2. The Morgan fingerprint density at radius 3 is 2.75 bits per heavy atom. The van der Waals surface area contributed by atoms with Crippen LogP contribution in [0.3, 0.4) is 0 Å². The third-order valence-electron chi connectivity index (χ3n) is 9.10. The molecule has 2 aromatic heterocycles. The lowest BCUT2D eigenvalue weighted by Crippen LogP contribution is -2.59. The van der Waals surface area contributed by atoms with E-state index in [2.05, 4.69) is 37.9 Å². The van der Waals surface area contributed by atoms with Gasteiger partial charge in [-0.3, -0.25) is 9.78 Å². The standard InChI is InChI=1S/C27H33N5O4/c33-25(29-13-15-4-6-35-7-5-15)26-31-24(32-36-26)20-14-28-21-3-1-2-19(21)23(20)30-22-17-8-16-9-18(22)12-27(34,10-16)11-17/h1-2,14-18,22,34H,3-13H2,(H,28,30)(H,29,33)/t16?,17-,18+,22?,27?. The van der Waals surface area contributed by atoms with E-state index in [9.17, 15) is 9.90 Å². The van der Waals surface area contributed by atoms with Gasteiger partial charge in [0.2, 0.25) is 5.82 Å². The number of hydrogen-bond acceptors (Lipinski definition) is 8. The molecule has 4 bridgehead atoms. The topological polar surface area (TPSA) is 122 Å². The third-order valence-corrected chi connectivity index (χ3v) is 9.10. The van der Waals surface area contributed by atoms with Gasteiger partial charge in [0.05, 0.1) is 22.5 Å². The Labute approximate surface area is 210 Å². The molecule has 4 saturated carbocycles. The summed E-state index contributed by atoms with van der Waals surface area (Å²) in [6, 6.07) is 0.301. The van der Waals surface area contributed by atoms with Crippen LogP contribution >= 0.6 is 0 Å². The van der Waals surface area contributed by atoms with Gasteiger partial charge in [0.1, 0.15) is 0 Å². The first-order valence-corrected chi connectivity index (χ1v) is 13.4. The lowest BCUT2D eigenvalue weighted by molar-refractivity contribution is -0.129. The highest BCUT2D eigenvalue weighted by molar-refractivity contribution is 5.90. The molecular formula is C27H33N5O4. The van der Waals surface area contributed by atoms with E-state index >= 15 is 0 Å². The predicted molar refractivity (Wildman–Crippen MR) is 132 cm³/mol. The molecule has 9 nitrogen and oxygen atoms in total. The molecule has 1 saturated heterocycles. The van der Waals surface area contributed by atoms with Crippen LogP contribution in [0.1, 0.15) is 66.9 Å². The second kappa shape index (κ2) is 8.66. The number of pyridine rings is 1. The van der Waals surface area contributed by atoms with Crippen LogP contribution in [0, 0.1) is 23.7 Å². The summed E-state index contributed by atoms with van der Waals surface area (Å²) < 4.78 is 10.8. The molecule has 3 N–H and O–H groups in total. The molecule has 3 heterocycles. The molecule has 36 heavy (non-hydrogen) atoms. The van der Waals surface area contributed by atoms with Gasteiger partial charge in [-0.2, -0.15) is 4.98 Å². The highest BCUT2D eigenvalue weighted by Crippen LogP contribution is 2.56. The Balaban J connectivity index is 1.14. The predicted octanol–water partition coefficient (Wildman–Crippen LogP) is 3.21. The molecule has 2 aromatic rings. The Bertz CT molecular complexity index is 1190. The molecule has 0 aromatic carbocycles. The molecule has 3 unspecified atom stereocenters. The quantitative estimate of drug-likeness (QED) is 0.563. The van der Waals surface area contributed by atoms with Crippen LogP contribution in [-0.2, 0) is 11.2 Å². The monoisotopic (exact) mass is 491 g/mol. The van der Waals surface area contributed by atoms with E-state index in [0.717, 1.165) is 74.2 Å². The number of carbonyl (C=O) groups is 1.